The molecule has 13 heteroatoms. The summed E-state index contributed by atoms with van der Waals surface area (Å²) in [4.78, 5) is 29.8. The second kappa shape index (κ2) is 8.45. The largest absolute Gasteiger partial charge is 0.417 e. The first-order valence-corrected chi connectivity index (χ1v) is 13.0. The van der Waals surface area contributed by atoms with E-state index >= 15 is 0 Å². The molecule has 40 heavy (non-hydrogen) atoms. The van der Waals surface area contributed by atoms with Gasteiger partial charge < -0.3 is 10.0 Å². The Hall–Kier alpha value is -3.61. The first-order valence-electron chi connectivity index (χ1n) is 13.0. The van der Waals surface area contributed by atoms with Crippen LogP contribution in [-0.4, -0.2) is 67.7 Å². The molecule has 8 nitrogen and oxygen atoms in total. The number of benzene rings is 1. The Balaban J connectivity index is 1.39. The Morgan fingerprint density at radius 2 is 1.85 bits per heavy atom. The lowest BCUT2D eigenvalue weighted by atomic mass is 9.69. The summed E-state index contributed by atoms with van der Waals surface area (Å²) in [6, 6.07) is 5.25. The van der Waals surface area contributed by atoms with Crippen LogP contribution in [0.4, 0.5) is 22.0 Å². The second-order valence-corrected chi connectivity index (χ2v) is 11.5. The van der Waals surface area contributed by atoms with E-state index in [-0.39, 0.29) is 31.5 Å². The van der Waals surface area contributed by atoms with Crippen molar-refractivity contribution in [3.05, 3.63) is 53.4 Å². The van der Waals surface area contributed by atoms with Crippen molar-refractivity contribution >= 4 is 17.5 Å². The number of halogens is 5. The third-order valence-corrected chi connectivity index (χ3v) is 8.49. The maximum absolute atomic E-state index is 14.0. The van der Waals surface area contributed by atoms with Gasteiger partial charge in [-0.15, -0.1) is 0 Å². The molecule has 3 aromatic rings. The molecule has 0 radical (unpaired) electrons. The molecule has 0 spiro atoms. The highest BCUT2D eigenvalue weighted by Crippen LogP contribution is 2.49. The number of carbonyl (C=O) groups is 2. The predicted molar refractivity (Wildman–Crippen MR) is 130 cm³/mol. The number of aliphatic hydroxyl groups is 1. The number of piperazine rings is 1. The van der Waals surface area contributed by atoms with Crippen LogP contribution in [0.2, 0.25) is 0 Å². The number of nitrogens with zero attached hydrogens (tertiary/aromatic N) is 5. The zero-order chi connectivity index (χ0) is 28.9. The van der Waals surface area contributed by atoms with E-state index in [4.69, 9.17) is 0 Å². The molecule has 6 rings (SSSR count). The molecule has 4 heterocycles. The Bertz CT molecular complexity index is 1580. The summed E-state index contributed by atoms with van der Waals surface area (Å²) in [6.45, 7) is 6.06. The fourth-order valence-corrected chi connectivity index (χ4v) is 6.25. The lowest BCUT2D eigenvalue weighted by molar-refractivity contribution is -0.749. The van der Waals surface area contributed by atoms with Gasteiger partial charge in [0.2, 0.25) is 17.3 Å². The summed E-state index contributed by atoms with van der Waals surface area (Å²) in [5, 5.41) is 14.4. The lowest BCUT2D eigenvalue weighted by Crippen LogP contribution is -2.70. The van der Waals surface area contributed by atoms with E-state index in [1.54, 1.807) is 28.7 Å². The van der Waals surface area contributed by atoms with Gasteiger partial charge in [-0.3, -0.25) is 14.5 Å². The first-order chi connectivity index (χ1) is 18.6. The van der Waals surface area contributed by atoms with E-state index in [1.807, 2.05) is 13.8 Å². The summed E-state index contributed by atoms with van der Waals surface area (Å²) >= 11 is 0. The molecule has 1 saturated heterocycles. The Morgan fingerprint density at radius 3 is 2.48 bits per heavy atom. The fourth-order valence-electron chi connectivity index (χ4n) is 6.25. The number of carbonyl (C=O) groups excluding carboxylic acids is 2. The van der Waals surface area contributed by atoms with Gasteiger partial charge in [-0.2, -0.15) is 17.7 Å². The molecule has 2 fully saturated rings. The zero-order valence-electron chi connectivity index (χ0n) is 22.0. The van der Waals surface area contributed by atoms with Crippen molar-refractivity contribution < 1.29 is 41.2 Å². The molecule has 212 valence electrons. The van der Waals surface area contributed by atoms with Crippen molar-refractivity contribution in [3.63, 3.8) is 0 Å². The number of imidazole rings is 1. The van der Waals surface area contributed by atoms with Crippen LogP contribution in [0.15, 0.2) is 30.5 Å². The summed E-state index contributed by atoms with van der Waals surface area (Å²) < 4.78 is 70.3. The highest BCUT2D eigenvalue weighted by Gasteiger charge is 2.64. The molecule has 2 aliphatic heterocycles. The van der Waals surface area contributed by atoms with E-state index in [9.17, 15) is 36.6 Å². The van der Waals surface area contributed by atoms with E-state index in [2.05, 4.69) is 5.10 Å². The van der Waals surface area contributed by atoms with E-state index < -0.39 is 53.7 Å². The number of amides is 2. The zero-order valence-corrected chi connectivity index (χ0v) is 22.0. The number of aromatic nitrogens is 3. The third-order valence-electron chi connectivity index (χ3n) is 8.49. The van der Waals surface area contributed by atoms with Crippen molar-refractivity contribution in [2.45, 2.75) is 57.0 Å². The minimum atomic E-state index is -4.80. The van der Waals surface area contributed by atoms with Gasteiger partial charge in [-0.25, -0.2) is 8.78 Å². The third kappa shape index (κ3) is 3.66. The van der Waals surface area contributed by atoms with Gasteiger partial charge in [0.1, 0.15) is 5.69 Å². The van der Waals surface area contributed by atoms with Gasteiger partial charge in [0.15, 0.2) is 23.4 Å². The normalized spacial score (nSPS) is 26.4. The maximum atomic E-state index is 14.0. The lowest BCUT2D eigenvalue weighted by Gasteiger charge is -2.48. The van der Waals surface area contributed by atoms with E-state index in [0.29, 0.717) is 22.6 Å². The van der Waals surface area contributed by atoms with Crippen LogP contribution in [-0.2, 0) is 10.5 Å². The number of alkyl halides is 3. The van der Waals surface area contributed by atoms with Crippen molar-refractivity contribution in [2.75, 3.05) is 19.6 Å². The van der Waals surface area contributed by atoms with Crippen molar-refractivity contribution in [2.24, 2.45) is 5.92 Å². The number of rotatable bonds is 3. The number of fused-ring (bicyclic) bond motifs is 5. The summed E-state index contributed by atoms with van der Waals surface area (Å²) in [6.07, 6.45) is -4.61. The molecule has 1 aromatic carbocycles. The molecule has 2 aromatic heterocycles. The molecular formula is C27H27F5N5O3+. The van der Waals surface area contributed by atoms with Gasteiger partial charge in [-0.05, 0) is 43.0 Å². The quantitative estimate of drug-likeness (QED) is 0.391. The molecule has 1 unspecified atom stereocenters. The van der Waals surface area contributed by atoms with Crippen LogP contribution in [0, 0.1) is 17.6 Å². The van der Waals surface area contributed by atoms with Crippen molar-refractivity contribution in [1.29, 1.82) is 0 Å². The summed E-state index contributed by atoms with van der Waals surface area (Å²) in [5.41, 5.74) is -1.49. The Labute approximate surface area is 225 Å². The topological polar surface area (TPSA) is 82.0 Å². The van der Waals surface area contributed by atoms with Crippen molar-refractivity contribution in [3.8, 4) is 11.3 Å². The van der Waals surface area contributed by atoms with Crippen LogP contribution in [0.3, 0.4) is 0 Å². The highest BCUT2D eigenvalue weighted by atomic mass is 19.4. The molecular weight excluding hydrogens is 537 g/mol. The molecule has 3 aliphatic rings. The second-order valence-electron chi connectivity index (χ2n) is 11.5. The minimum absolute atomic E-state index is 0.0400. The summed E-state index contributed by atoms with van der Waals surface area (Å²) in [7, 11) is 0. The van der Waals surface area contributed by atoms with Gasteiger partial charge in [0.25, 0.3) is 0 Å². The van der Waals surface area contributed by atoms with Gasteiger partial charge in [0.05, 0.1) is 6.54 Å². The van der Waals surface area contributed by atoms with Crippen LogP contribution in [0.5, 0.6) is 0 Å². The highest BCUT2D eigenvalue weighted by molar-refractivity contribution is 5.93. The molecule has 2 amide bonds. The van der Waals surface area contributed by atoms with Crippen molar-refractivity contribution in [1.82, 2.24) is 19.4 Å². The predicted octanol–water partition coefficient (Wildman–Crippen LogP) is 3.36. The molecule has 1 aliphatic carbocycles. The fraction of sp³-hybridized carbons (Fsp3) is 0.481. The minimum Gasteiger partial charge on any atom is -0.380 e. The van der Waals surface area contributed by atoms with Gasteiger partial charge in [0, 0.05) is 37.1 Å². The Morgan fingerprint density at radius 1 is 1.15 bits per heavy atom. The van der Waals surface area contributed by atoms with Gasteiger partial charge >= 0.3 is 17.7 Å². The van der Waals surface area contributed by atoms with E-state index in [0.717, 1.165) is 17.7 Å². The maximum Gasteiger partial charge on any atom is 0.417 e. The Kier molecular flexibility index (Phi) is 5.62. The van der Waals surface area contributed by atoms with Crippen LogP contribution < -0.4 is 4.57 Å². The number of hydrogen-bond acceptors (Lipinski definition) is 4. The van der Waals surface area contributed by atoms with Crippen LogP contribution in [0.25, 0.3) is 16.9 Å². The standard InChI is InChI=1S/C27H27F5N5O3/c1-14(2)17-9-20(15-4-5-18(28)19(29)8-15)33-36-12-21-24(39)35-7-6-34(13-25(35,3)37(21)22(17)36)23(38)16-10-26(40,11-16)27(30,31)32/h4-5,8-9,12,14,16,40H,6-7,10-11,13H2,1-3H3/q+1. The SMILES string of the molecule is CC(C)c1cc(-c2ccc(F)c(F)c2)nn2cc3[n+](c12)C1(C)CN(C(=O)C2CC(O)(C(F)(F)F)C2)CCN1C3=O. The average Bonchev–Trinajstić information content (AvgIpc) is 3.35. The molecule has 0 bridgehead atoms. The molecule has 1 saturated carbocycles. The van der Waals surface area contributed by atoms with Crippen LogP contribution in [0.1, 0.15) is 55.6 Å². The van der Waals surface area contributed by atoms with Crippen LogP contribution >= 0.6 is 0 Å². The monoisotopic (exact) mass is 564 g/mol. The molecule has 1 atom stereocenters. The van der Waals surface area contributed by atoms with E-state index in [1.165, 1.54) is 15.5 Å². The number of hydrogen-bond donors (Lipinski definition) is 1. The average molecular weight is 565 g/mol. The van der Waals surface area contributed by atoms with Gasteiger partial charge in [-0.1, -0.05) is 23.5 Å². The smallest absolute Gasteiger partial charge is 0.380 e. The summed E-state index contributed by atoms with van der Waals surface area (Å²) in [5.74, 6) is -3.79. The first kappa shape index (κ1) is 26.6. The molecule has 1 N–H and O–H groups in total.